The molecule has 2 aromatic carbocycles. The number of hydrogen-bond acceptors (Lipinski definition) is 5. The molecule has 0 spiro atoms. The summed E-state index contributed by atoms with van der Waals surface area (Å²) in [6, 6.07) is 14.3. The zero-order chi connectivity index (χ0) is 24.1. The first kappa shape index (κ1) is 24.0. The molecular formula is C25H30N4O4S. The lowest BCUT2D eigenvalue weighted by Crippen LogP contribution is -2.32. The van der Waals surface area contributed by atoms with Gasteiger partial charge in [0.25, 0.3) is 5.91 Å². The van der Waals surface area contributed by atoms with E-state index in [1.807, 2.05) is 36.5 Å². The molecule has 1 aromatic heterocycles. The van der Waals surface area contributed by atoms with Crippen molar-refractivity contribution in [3.05, 3.63) is 72.1 Å². The van der Waals surface area contributed by atoms with Crippen LogP contribution in [0.25, 0.3) is 5.69 Å². The fourth-order valence-corrected chi connectivity index (χ4v) is 5.86. The Hall–Kier alpha value is -3.17. The highest BCUT2D eigenvalue weighted by atomic mass is 32.2. The number of aromatic nitrogens is 2. The van der Waals surface area contributed by atoms with E-state index in [0.29, 0.717) is 25.2 Å². The van der Waals surface area contributed by atoms with E-state index in [9.17, 15) is 13.2 Å². The molecule has 0 radical (unpaired) electrons. The van der Waals surface area contributed by atoms with Crippen molar-refractivity contribution in [1.29, 1.82) is 0 Å². The number of nitrogens with zero attached hydrogens (tertiary/aromatic N) is 4. The van der Waals surface area contributed by atoms with Gasteiger partial charge in [-0.3, -0.25) is 4.79 Å². The first-order valence-electron chi connectivity index (χ1n) is 11.4. The molecule has 8 nitrogen and oxygen atoms in total. The largest absolute Gasteiger partial charge is 0.495 e. The maximum atomic E-state index is 13.4. The number of carbonyl (C=O) groups excluding carboxylic acids is 1. The smallest absolute Gasteiger partial charge is 0.253 e. The van der Waals surface area contributed by atoms with E-state index in [1.165, 1.54) is 17.5 Å². The Kier molecular flexibility index (Phi) is 7.33. The molecule has 4 rings (SSSR count). The maximum Gasteiger partial charge on any atom is 0.253 e. The summed E-state index contributed by atoms with van der Waals surface area (Å²) < 4.78 is 35.4. The summed E-state index contributed by atoms with van der Waals surface area (Å²) >= 11 is 0. The third kappa shape index (κ3) is 5.15. The maximum absolute atomic E-state index is 13.4. The Labute approximate surface area is 200 Å². The molecule has 3 aromatic rings. The molecule has 0 unspecified atom stereocenters. The second kappa shape index (κ2) is 10.4. The van der Waals surface area contributed by atoms with Crippen molar-refractivity contribution >= 4 is 15.9 Å². The predicted molar refractivity (Wildman–Crippen MR) is 130 cm³/mol. The fraction of sp³-hybridized carbons (Fsp3) is 0.360. The number of benzene rings is 2. The zero-order valence-corrected chi connectivity index (χ0v) is 20.4. The van der Waals surface area contributed by atoms with Gasteiger partial charge in [-0.25, -0.2) is 13.1 Å². The van der Waals surface area contributed by atoms with Crippen molar-refractivity contribution in [2.75, 3.05) is 27.2 Å². The summed E-state index contributed by atoms with van der Waals surface area (Å²) in [6.07, 6.45) is 7.31. The van der Waals surface area contributed by atoms with Gasteiger partial charge in [-0.1, -0.05) is 31.0 Å². The number of rotatable bonds is 7. The van der Waals surface area contributed by atoms with Crippen molar-refractivity contribution in [3.8, 4) is 11.4 Å². The molecule has 180 valence electrons. The van der Waals surface area contributed by atoms with Crippen LogP contribution in [0.3, 0.4) is 0 Å². The van der Waals surface area contributed by atoms with Crippen LogP contribution in [0, 0.1) is 0 Å². The molecule has 1 amide bonds. The fourth-order valence-electron chi connectivity index (χ4n) is 4.16. The minimum absolute atomic E-state index is 0.0352. The Morgan fingerprint density at radius 3 is 2.44 bits per heavy atom. The van der Waals surface area contributed by atoms with Crippen molar-refractivity contribution in [2.45, 2.75) is 37.1 Å². The van der Waals surface area contributed by atoms with Gasteiger partial charge >= 0.3 is 0 Å². The van der Waals surface area contributed by atoms with Crippen LogP contribution < -0.4 is 4.74 Å². The summed E-state index contributed by atoms with van der Waals surface area (Å²) in [4.78, 5) is 14.8. The van der Waals surface area contributed by atoms with Crippen LogP contribution in [0.4, 0.5) is 0 Å². The van der Waals surface area contributed by atoms with Crippen molar-refractivity contribution < 1.29 is 17.9 Å². The molecule has 0 saturated carbocycles. The summed E-state index contributed by atoms with van der Waals surface area (Å²) in [5, 5.41) is 4.38. The molecule has 0 atom stereocenters. The van der Waals surface area contributed by atoms with Gasteiger partial charge < -0.3 is 9.64 Å². The van der Waals surface area contributed by atoms with Crippen LogP contribution in [0.2, 0.25) is 0 Å². The van der Waals surface area contributed by atoms with Crippen LogP contribution >= 0.6 is 0 Å². The van der Waals surface area contributed by atoms with E-state index in [2.05, 4.69) is 5.10 Å². The van der Waals surface area contributed by atoms with Crippen molar-refractivity contribution in [3.63, 3.8) is 0 Å². The topological polar surface area (TPSA) is 84.7 Å². The highest BCUT2D eigenvalue weighted by molar-refractivity contribution is 7.89. The SMILES string of the molecule is COc1ccc(C(=O)N(C)Cc2cnn(-c3ccccc3)c2)cc1S(=O)(=O)N1CCCCCC1. The van der Waals surface area contributed by atoms with Gasteiger partial charge in [0.1, 0.15) is 10.6 Å². The minimum Gasteiger partial charge on any atom is -0.495 e. The molecule has 2 heterocycles. The first-order valence-corrected chi connectivity index (χ1v) is 12.9. The summed E-state index contributed by atoms with van der Waals surface area (Å²) in [6.45, 7) is 1.30. The number of methoxy groups -OCH3 is 1. The average molecular weight is 483 g/mol. The van der Waals surface area contributed by atoms with E-state index < -0.39 is 10.0 Å². The molecule has 1 aliphatic heterocycles. The summed E-state index contributed by atoms with van der Waals surface area (Å²) in [7, 11) is -0.643. The van der Waals surface area contributed by atoms with Gasteiger partial charge in [0.05, 0.1) is 19.0 Å². The molecular weight excluding hydrogens is 452 g/mol. The van der Waals surface area contributed by atoms with Crippen LogP contribution in [0.15, 0.2) is 65.8 Å². The zero-order valence-electron chi connectivity index (χ0n) is 19.6. The van der Waals surface area contributed by atoms with Gasteiger partial charge in [-0.2, -0.15) is 9.40 Å². The molecule has 9 heteroatoms. The first-order chi connectivity index (χ1) is 16.4. The summed E-state index contributed by atoms with van der Waals surface area (Å²) in [5.41, 5.74) is 2.10. The number of hydrogen-bond donors (Lipinski definition) is 0. The van der Waals surface area contributed by atoms with E-state index >= 15 is 0 Å². The van der Waals surface area contributed by atoms with E-state index in [0.717, 1.165) is 36.9 Å². The molecule has 34 heavy (non-hydrogen) atoms. The molecule has 1 saturated heterocycles. The molecule has 1 aliphatic rings. The predicted octanol–water partition coefficient (Wildman–Crippen LogP) is 3.72. The van der Waals surface area contributed by atoms with Crippen LogP contribution in [0.1, 0.15) is 41.6 Å². The van der Waals surface area contributed by atoms with Crippen molar-refractivity contribution in [2.24, 2.45) is 0 Å². The molecule has 1 fully saturated rings. The summed E-state index contributed by atoms with van der Waals surface area (Å²) in [5.74, 6) is -0.0324. The van der Waals surface area contributed by atoms with Gasteiger partial charge in [0.2, 0.25) is 10.0 Å². The average Bonchev–Trinajstić information content (AvgIpc) is 3.14. The third-order valence-electron chi connectivity index (χ3n) is 6.02. The monoisotopic (exact) mass is 482 g/mol. The molecule has 0 aliphatic carbocycles. The lowest BCUT2D eigenvalue weighted by molar-refractivity contribution is 0.0785. The Balaban J connectivity index is 1.54. The normalized spacial score (nSPS) is 15.0. The Morgan fingerprint density at radius 2 is 1.76 bits per heavy atom. The van der Waals surface area contributed by atoms with Gasteiger partial charge in [-0.05, 0) is 43.2 Å². The number of carbonyl (C=O) groups is 1. The van der Waals surface area contributed by atoms with E-state index in [4.69, 9.17) is 4.74 Å². The third-order valence-corrected chi connectivity index (χ3v) is 7.94. The minimum atomic E-state index is -3.77. The number of amides is 1. The Bertz CT molecular complexity index is 1230. The van der Waals surface area contributed by atoms with Gasteiger partial charge in [0, 0.05) is 44.0 Å². The second-order valence-electron chi connectivity index (χ2n) is 8.47. The van der Waals surface area contributed by atoms with Crippen LogP contribution in [-0.2, 0) is 16.6 Å². The lowest BCUT2D eigenvalue weighted by Gasteiger charge is -2.22. The lowest BCUT2D eigenvalue weighted by atomic mass is 10.2. The molecule has 0 N–H and O–H groups in total. The van der Waals surface area contributed by atoms with Crippen LogP contribution in [-0.4, -0.2) is 60.6 Å². The standard InChI is InChI=1S/C25H30N4O4S/c1-27(18-20-17-26-29(19-20)22-10-6-5-7-11-22)25(30)21-12-13-23(33-2)24(16-21)34(31,32)28-14-8-3-4-9-15-28/h5-7,10-13,16-17,19H,3-4,8-9,14-15,18H2,1-2H3. The van der Waals surface area contributed by atoms with E-state index in [1.54, 1.807) is 35.0 Å². The second-order valence-corrected chi connectivity index (χ2v) is 10.4. The number of para-hydroxylation sites is 1. The molecule has 0 bridgehead atoms. The van der Waals surface area contributed by atoms with Gasteiger partial charge in [0.15, 0.2) is 0 Å². The van der Waals surface area contributed by atoms with Crippen molar-refractivity contribution in [1.82, 2.24) is 19.0 Å². The van der Waals surface area contributed by atoms with E-state index in [-0.39, 0.29) is 16.6 Å². The number of ether oxygens (including phenoxy) is 1. The van der Waals surface area contributed by atoms with Gasteiger partial charge in [-0.15, -0.1) is 0 Å². The highest BCUT2D eigenvalue weighted by Crippen LogP contribution is 2.30. The highest BCUT2D eigenvalue weighted by Gasteiger charge is 2.29. The van der Waals surface area contributed by atoms with Crippen LogP contribution in [0.5, 0.6) is 5.75 Å². The Morgan fingerprint density at radius 1 is 1.06 bits per heavy atom. The number of sulfonamides is 1. The quantitative estimate of drug-likeness (QED) is 0.513.